The monoisotopic (exact) mass is 428 g/mol. The van der Waals surface area contributed by atoms with Gasteiger partial charge in [-0.25, -0.2) is 13.8 Å². The van der Waals surface area contributed by atoms with Crippen LogP contribution in [0, 0.1) is 18.6 Å². The van der Waals surface area contributed by atoms with Crippen LogP contribution in [0.3, 0.4) is 0 Å². The van der Waals surface area contributed by atoms with Crippen molar-refractivity contribution in [2.45, 2.75) is 19.4 Å². The van der Waals surface area contributed by atoms with Crippen molar-refractivity contribution >= 4 is 17.2 Å². The number of aromatic nitrogens is 2. The highest BCUT2D eigenvalue weighted by atomic mass is 19.1. The molecule has 9 heteroatoms. The van der Waals surface area contributed by atoms with Crippen molar-refractivity contribution < 1.29 is 23.0 Å². The molecule has 31 heavy (non-hydrogen) atoms. The Morgan fingerprint density at radius 3 is 2.77 bits per heavy atom. The van der Waals surface area contributed by atoms with E-state index >= 15 is 0 Å². The van der Waals surface area contributed by atoms with Crippen LogP contribution in [-0.4, -0.2) is 53.1 Å². The number of fused-ring (bicyclic) bond motifs is 2. The summed E-state index contributed by atoms with van der Waals surface area (Å²) < 4.78 is 40.8. The van der Waals surface area contributed by atoms with Crippen molar-refractivity contribution in [1.29, 1.82) is 0 Å². The Labute approximate surface area is 177 Å². The van der Waals surface area contributed by atoms with Gasteiger partial charge in [0.05, 0.1) is 48.4 Å². The van der Waals surface area contributed by atoms with Crippen molar-refractivity contribution in [3.05, 3.63) is 59.0 Å². The number of aryl methyl sites for hydroxylation is 1. The predicted molar refractivity (Wildman–Crippen MR) is 109 cm³/mol. The predicted octanol–water partition coefficient (Wildman–Crippen LogP) is 3.33. The molecule has 2 aromatic heterocycles. The lowest BCUT2D eigenvalue weighted by Gasteiger charge is -2.29. The normalized spacial score (nSPS) is 18.5. The van der Waals surface area contributed by atoms with Gasteiger partial charge in [-0.3, -0.25) is 4.79 Å². The molecule has 1 fully saturated rings. The number of morpholine rings is 1. The first-order valence-electron chi connectivity index (χ1n) is 10.2. The SMILES string of the molecule is Cc1cn2cc(C(=O)N3CCOCC3)cc(NC3CCOc4cc(F)cc(F)c43)c2n1. The largest absolute Gasteiger partial charge is 0.493 e. The summed E-state index contributed by atoms with van der Waals surface area (Å²) >= 11 is 0. The first kappa shape index (κ1) is 19.7. The number of hydrogen-bond donors (Lipinski definition) is 1. The van der Waals surface area contributed by atoms with Gasteiger partial charge < -0.3 is 24.1 Å². The second-order valence-corrected chi connectivity index (χ2v) is 7.79. The van der Waals surface area contributed by atoms with Gasteiger partial charge in [-0.05, 0) is 13.0 Å². The van der Waals surface area contributed by atoms with E-state index in [1.165, 1.54) is 6.07 Å². The summed E-state index contributed by atoms with van der Waals surface area (Å²) in [5, 5.41) is 3.33. The first-order valence-corrected chi connectivity index (χ1v) is 10.2. The van der Waals surface area contributed by atoms with Crippen LogP contribution < -0.4 is 10.1 Å². The molecule has 2 aliphatic heterocycles. The zero-order chi connectivity index (χ0) is 21.5. The van der Waals surface area contributed by atoms with E-state index in [2.05, 4.69) is 10.3 Å². The van der Waals surface area contributed by atoms with Gasteiger partial charge in [0, 0.05) is 44.0 Å². The Balaban J connectivity index is 1.54. The number of anilines is 1. The van der Waals surface area contributed by atoms with E-state index < -0.39 is 17.7 Å². The molecule has 0 radical (unpaired) electrons. The number of ether oxygens (including phenoxy) is 2. The van der Waals surface area contributed by atoms with E-state index in [1.54, 1.807) is 21.6 Å². The number of nitrogens with zero attached hydrogens (tertiary/aromatic N) is 3. The fourth-order valence-corrected chi connectivity index (χ4v) is 4.18. The number of pyridine rings is 1. The van der Waals surface area contributed by atoms with Crippen molar-refractivity contribution in [2.75, 3.05) is 38.2 Å². The van der Waals surface area contributed by atoms with Crippen molar-refractivity contribution in [3.8, 4) is 5.75 Å². The zero-order valence-corrected chi connectivity index (χ0v) is 17.0. The van der Waals surface area contributed by atoms with Gasteiger partial charge >= 0.3 is 0 Å². The van der Waals surface area contributed by atoms with Crippen LogP contribution in [0.2, 0.25) is 0 Å². The maximum absolute atomic E-state index is 14.6. The molecule has 0 bridgehead atoms. The molecular weight excluding hydrogens is 406 g/mol. The summed E-state index contributed by atoms with van der Waals surface area (Å²) in [6.45, 7) is 4.28. The third-order valence-electron chi connectivity index (χ3n) is 5.62. The third kappa shape index (κ3) is 3.69. The van der Waals surface area contributed by atoms with E-state index in [-0.39, 0.29) is 17.2 Å². The smallest absolute Gasteiger partial charge is 0.255 e. The molecule has 7 nitrogen and oxygen atoms in total. The molecule has 162 valence electrons. The maximum Gasteiger partial charge on any atom is 0.255 e. The molecule has 0 saturated carbocycles. The Bertz CT molecular complexity index is 1160. The highest BCUT2D eigenvalue weighted by molar-refractivity contribution is 5.96. The second kappa shape index (κ2) is 7.81. The van der Waals surface area contributed by atoms with Crippen LogP contribution in [0.25, 0.3) is 5.65 Å². The van der Waals surface area contributed by atoms with Crippen LogP contribution in [0.4, 0.5) is 14.5 Å². The molecule has 1 aromatic carbocycles. The maximum atomic E-state index is 14.6. The Hall–Kier alpha value is -3.20. The molecule has 0 spiro atoms. The minimum absolute atomic E-state index is 0.0970. The Morgan fingerprint density at radius 2 is 1.97 bits per heavy atom. The molecule has 1 amide bonds. The molecular formula is C22H22F2N4O3. The Kier molecular flexibility index (Phi) is 4.97. The molecule has 0 aliphatic carbocycles. The van der Waals surface area contributed by atoms with E-state index in [1.807, 2.05) is 13.1 Å². The number of benzene rings is 1. The summed E-state index contributed by atoms with van der Waals surface area (Å²) in [5.74, 6) is -1.25. The number of nitrogens with one attached hydrogen (secondary N) is 1. The molecule has 1 atom stereocenters. The topological polar surface area (TPSA) is 68.1 Å². The van der Waals surface area contributed by atoms with Gasteiger partial charge in [0.25, 0.3) is 5.91 Å². The van der Waals surface area contributed by atoms with E-state index in [0.717, 1.165) is 11.8 Å². The number of hydrogen-bond acceptors (Lipinski definition) is 5. The molecule has 3 aromatic rings. The van der Waals surface area contributed by atoms with Gasteiger partial charge in [-0.1, -0.05) is 0 Å². The lowest BCUT2D eigenvalue weighted by Crippen LogP contribution is -2.40. The number of amides is 1. The second-order valence-electron chi connectivity index (χ2n) is 7.79. The summed E-state index contributed by atoms with van der Waals surface area (Å²) in [7, 11) is 0. The van der Waals surface area contributed by atoms with Gasteiger partial charge in [-0.2, -0.15) is 0 Å². The average Bonchev–Trinajstić information content (AvgIpc) is 3.14. The van der Waals surface area contributed by atoms with Crippen LogP contribution in [-0.2, 0) is 4.74 Å². The molecule has 4 heterocycles. The lowest BCUT2D eigenvalue weighted by atomic mass is 9.99. The summed E-state index contributed by atoms with van der Waals surface area (Å²) in [6.07, 6.45) is 4.08. The summed E-state index contributed by atoms with van der Waals surface area (Å²) in [6, 6.07) is 3.35. The third-order valence-corrected chi connectivity index (χ3v) is 5.62. The molecule has 2 aliphatic rings. The van der Waals surface area contributed by atoms with Gasteiger partial charge in [0.2, 0.25) is 0 Å². The van der Waals surface area contributed by atoms with Crippen LogP contribution in [0.5, 0.6) is 5.75 Å². The summed E-state index contributed by atoms with van der Waals surface area (Å²) in [5.41, 5.74) is 2.81. The highest BCUT2D eigenvalue weighted by Gasteiger charge is 2.28. The van der Waals surface area contributed by atoms with Crippen LogP contribution >= 0.6 is 0 Å². The molecule has 1 unspecified atom stereocenters. The minimum atomic E-state index is -0.679. The van der Waals surface area contributed by atoms with Crippen molar-refractivity contribution in [1.82, 2.24) is 14.3 Å². The van der Waals surface area contributed by atoms with Crippen molar-refractivity contribution in [2.24, 2.45) is 0 Å². The average molecular weight is 428 g/mol. The highest BCUT2D eigenvalue weighted by Crippen LogP contribution is 2.37. The molecule has 1 saturated heterocycles. The standard InChI is InChI=1S/C22H22F2N4O3/c1-13-11-28-12-14(22(29)27-3-6-30-7-4-27)8-18(21(28)25-13)26-17-2-5-31-19-10-15(23)9-16(24)20(17)19/h8-12,17,26H,2-7H2,1H3. The van der Waals surface area contributed by atoms with Crippen LogP contribution in [0.15, 0.2) is 30.6 Å². The molecule has 1 N–H and O–H groups in total. The Morgan fingerprint density at radius 1 is 1.16 bits per heavy atom. The number of halogens is 2. The number of rotatable bonds is 3. The van der Waals surface area contributed by atoms with Gasteiger partial charge in [-0.15, -0.1) is 0 Å². The lowest BCUT2D eigenvalue weighted by molar-refractivity contribution is 0.0302. The van der Waals surface area contributed by atoms with Crippen molar-refractivity contribution in [3.63, 3.8) is 0 Å². The van der Waals surface area contributed by atoms with E-state index in [4.69, 9.17) is 9.47 Å². The summed E-state index contributed by atoms with van der Waals surface area (Å²) in [4.78, 5) is 19.4. The van der Waals surface area contributed by atoms with Crippen LogP contribution in [0.1, 0.15) is 34.1 Å². The van der Waals surface area contributed by atoms with Gasteiger partial charge in [0.15, 0.2) is 5.65 Å². The number of carbonyl (C=O) groups excluding carboxylic acids is 1. The van der Waals surface area contributed by atoms with Gasteiger partial charge in [0.1, 0.15) is 17.4 Å². The zero-order valence-electron chi connectivity index (χ0n) is 17.0. The van der Waals surface area contributed by atoms with E-state index in [0.29, 0.717) is 56.2 Å². The van der Waals surface area contributed by atoms with E-state index in [9.17, 15) is 13.6 Å². The fraction of sp³-hybridized carbons (Fsp3) is 0.364. The fourth-order valence-electron chi connectivity index (χ4n) is 4.18. The number of carbonyl (C=O) groups is 1. The number of imidazole rings is 1. The quantitative estimate of drug-likeness (QED) is 0.693. The minimum Gasteiger partial charge on any atom is -0.493 e. The molecule has 5 rings (SSSR count). The first-order chi connectivity index (χ1) is 15.0.